The summed E-state index contributed by atoms with van der Waals surface area (Å²) < 4.78 is 27.1. The highest BCUT2D eigenvalue weighted by Gasteiger charge is 2.14. The van der Waals surface area contributed by atoms with Crippen molar-refractivity contribution in [3.63, 3.8) is 0 Å². The Balaban J connectivity index is 2.40. The van der Waals surface area contributed by atoms with Gasteiger partial charge in [0.15, 0.2) is 0 Å². The lowest BCUT2D eigenvalue weighted by atomic mass is 10.1. The zero-order valence-corrected chi connectivity index (χ0v) is 12.8. The van der Waals surface area contributed by atoms with Gasteiger partial charge in [-0.1, -0.05) is 15.9 Å². The maximum absolute atomic E-state index is 13.0. The van der Waals surface area contributed by atoms with Gasteiger partial charge in [-0.2, -0.15) is 0 Å². The first-order chi connectivity index (χ1) is 9.38. The smallest absolute Gasteiger partial charge is 0.265 e. The number of nitrogen functional groups attached to an aromatic ring is 1. The summed E-state index contributed by atoms with van der Waals surface area (Å²) in [6.07, 6.45) is -2.57. The maximum atomic E-state index is 13.0. The molecule has 0 unspecified atom stereocenters. The van der Waals surface area contributed by atoms with E-state index in [-0.39, 0.29) is 5.56 Å². The van der Waals surface area contributed by atoms with Gasteiger partial charge in [-0.05, 0) is 55.3 Å². The highest BCUT2D eigenvalue weighted by atomic mass is 79.9. The van der Waals surface area contributed by atoms with E-state index >= 15 is 0 Å². The molecular weight excluding hydrogens is 326 g/mol. The Labute approximate surface area is 125 Å². The second-order valence-electron chi connectivity index (χ2n) is 4.70. The van der Waals surface area contributed by atoms with Crippen LogP contribution in [0.3, 0.4) is 0 Å². The van der Waals surface area contributed by atoms with Gasteiger partial charge in [-0.15, -0.1) is 0 Å². The molecule has 2 aromatic carbocycles. The summed E-state index contributed by atoms with van der Waals surface area (Å²) in [5.41, 5.74) is 9.02. The quantitative estimate of drug-likeness (QED) is 0.741. The molecule has 0 amide bonds. The van der Waals surface area contributed by atoms with E-state index in [0.717, 1.165) is 21.3 Å². The van der Waals surface area contributed by atoms with Gasteiger partial charge in [0.25, 0.3) is 6.43 Å². The number of aryl methyl sites for hydroxylation is 2. The molecule has 2 rings (SSSR count). The number of nitrogens with two attached hydrogens (primary N) is 1. The summed E-state index contributed by atoms with van der Waals surface area (Å²) in [6.45, 7) is 3.92. The number of rotatable bonds is 3. The Morgan fingerprint density at radius 2 is 1.70 bits per heavy atom. The number of anilines is 3. The molecule has 0 bridgehead atoms. The van der Waals surface area contributed by atoms with Gasteiger partial charge in [0.1, 0.15) is 0 Å². The minimum Gasteiger partial charge on any atom is -0.399 e. The van der Waals surface area contributed by atoms with Crippen LogP contribution in [-0.4, -0.2) is 0 Å². The van der Waals surface area contributed by atoms with E-state index < -0.39 is 6.43 Å². The zero-order valence-electron chi connectivity index (χ0n) is 11.2. The van der Waals surface area contributed by atoms with Gasteiger partial charge >= 0.3 is 0 Å². The summed E-state index contributed by atoms with van der Waals surface area (Å²) in [7, 11) is 0. The Morgan fingerprint density at radius 1 is 1.10 bits per heavy atom. The fourth-order valence-electron chi connectivity index (χ4n) is 2.05. The lowest BCUT2D eigenvalue weighted by molar-refractivity contribution is 0.152. The molecule has 0 radical (unpaired) electrons. The third kappa shape index (κ3) is 3.10. The fourth-order valence-corrected chi connectivity index (χ4v) is 2.28. The molecule has 0 heterocycles. The average molecular weight is 341 g/mol. The molecular formula is C15H15BrF2N2. The standard InChI is InChI=1S/C15H15BrF2N2/c1-8-5-11(6-9(2)14(8)16)20-13-4-3-10(19)7-12(13)15(17)18/h3-7,15,20H,19H2,1-2H3. The van der Waals surface area contributed by atoms with Crippen LogP contribution in [0.15, 0.2) is 34.8 Å². The number of halogens is 3. The summed E-state index contributed by atoms with van der Waals surface area (Å²) in [6, 6.07) is 8.28. The summed E-state index contributed by atoms with van der Waals surface area (Å²) in [5.74, 6) is 0. The monoisotopic (exact) mass is 340 g/mol. The number of hydrogen-bond acceptors (Lipinski definition) is 2. The first kappa shape index (κ1) is 14.8. The van der Waals surface area contributed by atoms with E-state index in [1.165, 1.54) is 6.07 Å². The molecule has 0 aliphatic carbocycles. The van der Waals surface area contributed by atoms with Crippen molar-refractivity contribution in [2.24, 2.45) is 0 Å². The van der Waals surface area contributed by atoms with Crippen molar-refractivity contribution in [3.05, 3.63) is 51.5 Å². The molecule has 5 heteroatoms. The van der Waals surface area contributed by atoms with Gasteiger partial charge in [0.2, 0.25) is 0 Å². The maximum Gasteiger partial charge on any atom is 0.265 e. The Morgan fingerprint density at radius 3 is 2.25 bits per heavy atom. The SMILES string of the molecule is Cc1cc(Nc2ccc(N)cc2C(F)F)cc(C)c1Br. The predicted octanol–water partition coefficient (Wildman–Crippen LogP) is 5.33. The second kappa shape index (κ2) is 5.79. The second-order valence-corrected chi connectivity index (χ2v) is 5.49. The summed E-state index contributed by atoms with van der Waals surface area (Å²) >= 11 is 3.48. The van der Waals surface area contributed by atoms with Crippen molar-refractivity contribution >= 4 is 33.0 Å². The van der Waals surface area contributed by atoms with Crippen molar-refractivity contribution < 1.29 is 8.78 Å². The Kier molecular flexibility index (Phi) is 4.28. The third-order valence-electron chi connectivity index (χ3n) is 3.03. The molecule has 2 nitrogen and oxygen atoms in total. The van der Waals surface area contributed by atoms with E-state index in [2.05, 4.69) is 21.2 Å². The molecule has 2 aromatic rings. The van der Waals surface area contributed by atoms with Crippen LogP contribution in [0.4, 0.5) is 25.8 Å². The van der Waals surface area contributed by atoms with E-state index in [9.17, 15) is 8.78 Å². The van der Waals surface area contributed by atoms with Gasteiger partial charge in [0.05, 0.1) is 0 Å². The first-order valence-electron chi connectivity index (χ1n) is 6.10. The van der Waals surface area contributed by atoms with Gasteiger partial charge in [-0.3, -0.25) is 0 Å². The number of hydrogen-bond donors (Lipinski definition) is 2. The number of benzene rings is 2. The largest absolute Gasteiger partial charge is 0.399 e. The van der Waals surface area contributed by atoms with E-state index in [1.54, 1.807) is 12.1 Å². The average Bonchev–Trinajstić information content (AvgIpc) is 2.37. The van der Waals surface area contributed by atoms with Crippen LogP contribution in [-0.2, 0) is 0 Å². The number of nitrogens with one attached hydrogen (secondary N) is 1. The van der Waals surface area contributed by atoms with Crippen LogP contribution in [0.5, 0.6) is 0 Å². The molecule has 0 saturated heterocycles. The third-order valence-corrected chi connectivity index (χ3v) is 4.28. The lowest BCUT2D eigenvalue weighted by Crippen LogP contribution is -1.99. The van der Waals surface area contributed by atoms with Crippen molar-refractivity contribution in [1.29, 1.82) is 0 Å². The summed E-state index contributed by atoms with van der Waals surface area (Å²) in [5, 5.41) is 3.03. The highest BCUT2D eigenvalue weighted by molar-refractivity contribution is 9.10. The minimum absolute atomic E-state index is 0.0942. The van der Waals surface area contributed by atoms with Gasteiger partial charge in [0, 0.05) is 27.1 Å². The molecule has 106 valence electrons. The number of alkyl halides is 2. The fraction of sp³-hybridized carbons (Fsp3) is 0.200. The molecule has 0 saturated carbocycles. The molecule has 0 aromatic heterocycles. The Bertz CT molecular complexity index is 619. The van der Waals surface area contributed by atoms with Gasteiger partial charge in [-0.25, -0.2) is 8.78 Å². The van der Waals surface area contributed by atoms with E-state index in [0.29, 0.717) is 11.4 Å². The van der Waals surface area contributed by atoms with Crippen LogP contribution in [0.25, 0.3) is 0 Å². The molecule has 0 atom stereocenters. The molecule has 0 aliphatic rings. The van der Waals surface area contributed by atoms with Crippen molar-refractivity contribution in [1.82, 2.24) is 0 Å². The van der Waals surface area contributed by atoms with Crippen LogP contribution in [0.1, 0.15) is 23.1 Å². The van der Waals surface area contributed by atoms with E-state index in [1.807, 2.05) is 26.0 Å². The molecule has 0 fully saturated rings. The van der Waals surface area contributed by atoms with Crippen LogP contribution < -0.4 is 11.1 Å². The van der Waals surface area contributed by atoms with Gasteiger partial charge < -0.3 is 11.1 Å². The van der Waals surface area contributed by atoms with Crippen LogP contribution >= 0.6 is 15.9 Å². The van der Waals surface area contributed by atoms with Crippen LogP contribution in [0.2, 0.25) is 0 Å². The minimum atomic E-state index is -2.57. The Hall–Kier alpha value is -1.62. The lowest BCUT2D eigenvalue weighted by Gasteiger charge is -2.14. The highest BCUT2D eigenvalue weighted by Crippen LogP contribution is 2.33. The first-order valence-corrected chi connectivity index (χ1v) is 6.89. The van der Waals surface area contributed by atoms with Crippen molar-refractivity contribution in [2.75, 3.05) is 11.1 Å². The topological polar surface area (TPSA) is 38.0 Å². The van der Waals surface area contributed by atoms with E-state index in [4.69, 9.17) is 5.73 Å². The molecule has 0 aliphatic heterocycles. The van der Waals surface area contributed by atoms with Crippen LogP contribution in [0, 0.1) is 13.8 Å². The summed E-state index contributed by atoms with van der Waals surface area (Å²) in [4.78, 5) is 0. The molecule has 0 spiro atoms. The molecule has 20 heavy (non-hydrogen) atoms. The normalized spacial score (nSPS) is 10.9. The predicted molar refractivity (Wildman–Crippen MR) is 82.7 cm³/mol. The van der Waals surface area contributed by atoms with Crippen molar-refractivity contribution in [3.8, 4) is 0 Å². The molecule has 3 N–H and O–H groups in total. The van der Waals surface area contributed by atoms with Crippen molar-refractivity contribution in [2.45, 2.75) is 20.3 Å². The zero-order chi connectivity index (χ0) is 14.9.